The van der Waals surface area contributed by atoms with Gasteiger partial charge in [-0.25, -0.2) is 8.42 Å². The lowest BCUT2D eigenvalue weighted by Gasteiger charge is -2.27. The number of ether oxygens (including phenoxy) is 1. The summed E-state index contributed by atoms with van der Waals surface area (Å²) in [5.74, 6) is 0.885. The van der Waals surface area contributed by atoms with Crippen molar-refractivity contribution in [2.75, 3.05) is 18.6 Å². The van der Waals surface area contributed by atoms with E-state index in [-0.39, 0.29) is 29.1 Å². The van der Waals surface area contributed by atoms with Gasteiger partial charge in [0.2, 0.25) is 0 Å². The van der Waals surface area contributed by atoms with Crippen molar-refractivity contribution in [1.82, 2.24) is 10.1 Å². The Balaban J connectivity index is 1.60. The topological polar surface area (TPSA) is 89.7 Å². The van der Waals surface area contributed by atoms with Crippen molar-refractivity contribution in [1.29, 1.82) is 0 Å². The molecule has 1 fully saturated rings. The van der Waals surface area contributed by atoms with E-state index in [1.807, 2.05) is 42.5 Å². The van der Waals surface area contributed by atoms with Crippen LogP contribution in [-0.2, 0) is 16.4 Å². The van der Waals surface area contributed by atoms with Crippen LogP contribution in [0.5, 0.6) is 5.75 Å². The average Bonchev–Trinajstić information content (AvgIpc) is 3.39. The van der Waals surface area contributed by atoms with Crippen LogP contribution in [0, 0.1) is 0 Å². The Labute approximate surface area is 175 Å². The van der Waals surface area contributed by atoms with Gasteiger partial charge in [-0.3, -0.25) is 4.79 Å². The predicted octanol–water partition coefficient (Wildman–Crippen LogP) is 3.18. The molecule has 4 rings (SSSR count). The SMILES string of the molecule is COc1ccc(-c2cc(C(=O)N(Cc3ccccc3)C3CCS(=O)(=O)C3)no2)cc1. The number of nitrogens with zero attached hydrogens (tertiary/aromatic N) is 2. The van der Waals surface area contributed by atoms with E-state index in [2.05, 4.69) is 5.16 Å². The normalized spacial score (nSPS) is 17.6. The lowest BCUT2D eigenvalue weighted by atomic mass is 10.1. The fourth-order valence-corrected chi connectivity index (χ4v) is 5.31. The standard InChI is InChI=1S/C22H22N2O5S/c1-28-19-9-7-17(8-10-19)21-13-20(23-29-21)22(25)24(14-16-5-3-2-4-6-16)18-11-12-30(26,27)15-18/h2-10,13,18H,11-12,14-15H2,1H3. The summed E-state index contributed by atoms with van der Waals surface area (Å²) in [5, 5.41) is 3.96. The van der Waals surface area contributed by atoms with Crippen LogP contribution in [0.1, 0.15) is 22.5 Å². The lowest BCUT2D eigenvalue weighted by Crippen LogP contribution is -2.40. The number of methoxy groups -OCH3 is 1. The van der Waals surface area contributed by atoms with Crippen molar-refractivity contribution in [3.8, 4) is 17.1 Å². The summed E-state index contributed by atoms with van der Waals surface area (Å²) in [6, 6.07) is 17.9. The highest BCUT2D eigenvalue weighted by Crippen LogP contribution is 2.26. The maximum absolute atomic E-state index is 13.3. The third-order valence-corrected chi connectivity index (χ3v) is 6.96. The van der Waals surface area contributed by atoms with Gasteiger partial charge >= 0.3 is 0 Å². The molecule has 1 unspecified atom stereocenters. The van der Waals surface area contributed by atoms with Gasteiger partial charge in [0.25, 0.3) is 5.91 Å². The smallest absolute Gasteiger partial charge is 0.276 e. The quantitative estimate of drug-likeness (QED) is 0.601. The molecule has 1 amide bonds. The number of hydrogen-bond donors (Lipinski definition) is 0. The molecule has 156 valence electrons. The van der Waals surface area contributed by atoms with Gasteiger partial charge in [-0.15, -0.1) is 0 Å². The predicted molar refractivity (Wildman–Crippen MR) is 112 cm³/mol. The number of amides is 1. The number of hydrogen-bond acceptors (Lipinski definition) is 6. The lowest BCUT2D eigenvalue weighted by molar-refractivity contribution is 0.0670. The zero-order chi connectivity index (χ0) is 21.1. The third-order valence-electron chi connectivity index (χ3n) is 5.21. The van der Waals surface area contributed by atoms with E-state index < -0.39 is 9.84 Å². The molecule has 0 spiro atoms. The maximum Gasteiger partial charge on any atom is 0.276 e. The molecule has 30 heavy (non-hydrogen) atoms. The minimum absolute atomic E-state index is 0.0330. The van der Waals surface area contributed by atoms with Crippen LogP contribution in [0.2, 0.25) is 0 Å². The summed E-state index contributed by atoms with van der Waals surface area (Å²) in [4.78, 5) is 14.9. The Hall–Kier alpha value is -3.13. The second-order valence-corrected chi connectivity index (χ2v) is 9.51. The van der Waals surface area contributed by atoms with Crippen molar-refractivity contribution in [3.63, 3.8) is 0 Å². The molecule has 8 heteroatoms. The minimum Gasteiger partial charge on any atom is -0.497 e. The van der Waals surface area contributed by atoms with Gasteiger partial charge in [0, 0.05) is 24.2 Å². The molecular formula is C22H22N2O5S. The van der Waals surface area contributed by atoms with E-state index in [0.717, 1.165) is 11.1 Å². The number of carbonyl (C=O) groups excluding carboxylic acids is 1. The summed E-state index contributed by atoms with van der Waals surface area (Å²) < 4.78 is 34.6. The summed E-state index contributed by atoms with van der Waals surface area (Å²) in [6.45, 7) is 0.310. The van der Waals surface area contributed by atoms with Crippen LogP contribution in [-0.4, -0.2) is 49.0 Å². The first kappa shape index (κ1) is 20.2. The number of carbonyl (C=O) groups is 1. The number of aromatic nitrogens is 1. The first-order valence-corrected chi connectivity index (χ1v) is 11.4. The fourth-order valence-electron chi connectivity index (χ4n) is 3.58. The Morgan fingerprint density at radius 2 is 1.90 bits per heavy atom. The van der Waals surface area contributed by atoms with Crippen molar-refractivity contribution in [2.45, 2.75) is 19.0 Å². The van der Waals surface area contributed by atoms with E-state index in [1.165, 1.54) is 0 Å². The molecule has 2 aromatic carbocycles. The summed E-state index contributed by atoms with van der Waals surface area (Å²) in [7, 11) is -1.55. The summed E-state index contributed by atoms with van der Waals surface area (Å²) >= 11 is 0. The van der Waals surface area contributed by atoms with Gasteiger partial charge in [0.05, 0.1) is 18.6 Å². The molecule has 1 aromatic heterocycles. The molecule has 0 radical (unpaired) electrons. The Morgan fingerprint density at radius 3 is 2.53 bits per heavy atom. The molecule has 7 nitrogen and oxygen atoms in total. The molecule has 0 saturated carbocycles. The first-order chi connectivity index (χ1) is 14.4. The number of benzene rings is 2. The monoisotopic (exact) mass is 426 g/mol. The van der Waals surface area contributed by atoms with E-state index in [9.17, 15) is 13.2 Å². The highest BCUT2D eigenvalue weighted by molar-refractivity contribution is 7.91. The van der Waals surface area contributed by atoms with E-state index in [4.69, 9.17) is 9.26 Å². The molecule has 1 aliphatic heterocycles. The number of sulfone groups is 1. The van der Waals surface area contributed by atoms with Gasteiger partial charge in [-0.05, 0) is 36.2 Å². The van der Waals surface area contributed by atoms with Crippen LogP contribution in [0.4, 0.5) is 0 Å². The Morgan fingerprint density at radius 1 is 1.17 bits per heavy atom. The van der Waals surface area contributed by atoms with E-state index >= 15 is 0 Å². The second-order valence-electron chi connectivity index (χ2n) is 7.28. The average molecular weight is 426 g/mol. The van der Waals surface area contributed by atoms with E-state index in [1.54, 1.807) is 30.2 Å². The van der Waals surface area contributed by atoms with Crippen LogP contribution in [0.3, 0.4) is 0 Å². The highest BCUT2D eigenvalue weighted by atomic mass is 32.2. The Kier molecular flexibility index (Phi) is 5.59. The Bertz CT molecular complexity index is 1120. The van der Waals surface area contributed by atoms with Crippen molar-refractivity contribution in [2.24, 2.45) is 0 Å². The largest absolute Gasteiger partial charge is 0.497 e. The molecule has 0 bridgehead atoms. The molecule has 1 saturated heterocycles. The first-order valence-electron chi connectivity index (χ1n) is 9.61. The molecule has 0 aliphatic carbocycles. The highest BCUT2D eigenvalue weighted by Gasteiger charge is 2.36. The summed E-state index contributed by atoms with van der Waals surface area (Å²) in [5.41, 5.74) is 1.84. The van der Waals surface area contributed by atoms with Gasteiger partial charge in [0.15, 0.2) is 21.3 Å². The molecule has 1 aliphatic rings. The molecular weight excluding hydrogens is 404 g/mol. The van der Waals surface area contributed by atoms with Gasteiger partial charge in [-0.2, -0.15) is 0 Å². The zero-order valence-corrected chi connectivity index (χ0v) is 17.3. The maximum atomic E-state index is 13.3. The summed E-state index contributed by atoms with van der Waals surface area (Å²) in [6.07, 6.45) is 0.421. The van der Waals surface area contributed by atoms with Gasteiger partial charge < -0.3 is 14.2 Å². The van der Waals surface area contributed by atoms with Crippen LogP contribution in [0.25, 0.3) is 11.3 Å². The molecule has 2 heterocycles. The number of rotatable bonds is 6. The fraction of sp³-hybridized carbons (Fsp3) is 0.273. The minimum atomic E-state index is -3.14. The van der Waals surface area contributed by atoms with Crippen LogP contribution >= 0.6 is 0 Å². The van der Waals surface area contributed by atoms with Crippen LogP contribution < -0.4 is 4.74 Å². The van der Waals surface area contributed by atoms with Gasteiger partial charge in [0.1, 0.15) is 5.75 Å². The zero-order valence-electron chi connectivity index (χ0n) is 16.5. The molecule has 3 aromatic rings. The molecule has 0 N–H and O–H groups in total. The van der Waals surface area contributed by atoms with Crippen LogP contribution in [0.15, 0.2) is 65.2 Å². The van der Waals surface area contributed by atoms with Crippen molar-refractivity contribution >= 4 is 15.7 Å². The van der Waals surface area contributed by atoms with E-state index in [0.29, 0.717) is 24.5 Å². The van der Waals surface area contributed by atoms with Crippen molar-refractivity contribution < 1.29 is 22.5 Å². The second kappa shape index (κ2) is 8.31. The van der Waals surface area contributed by atoms with Crippen molar-refractivity contribution in [3.05, 3.63) is 71.9 Å². The third kappa shape index (κ3) is 4.38. The molecule has 1 atom stereocenters. The van der Waals surface area contributed by atoms with Gasteiger partial charge in [-0.1, -0.05) is 35.5 Å².